The maximum Gasteiger partial charge on any atom is 1.00 e. The van der Waals surface area contributed by atoms with Gasteiger partial charge < -0.3 is 21.6 Å². The van der Waals surface area contributed by atoms with Gasteiger partial charge in [-0.25, -0.2) is 4.39 Å². The molecule has 0 heterocycles. The standard InChI is InChI=1S/C14H16O4S.C13H13FO.CH3.FH.K/c1-11(18-19(2,15)16)10-17-14-8-7-12-5-3-4-6-13(12)9-14;1-10(14)9-15-13-7-6-11-4-2-3-5-12(11)8-13;;;/h3-9,11H,10H2,1-2H3;2-8,10H,9H2,1H3;1H3;1H;/q;;-1;;+1/p-1/i;14-1;;1-1;. The van der Waals surface area contributed by atoms with Crippen molar-refractivity contribution in [2.45, 2.75) is 26.1 Å². The maximum absolute atomic E-state index is 12.6. The molecule has 0 spiro atoms. The van der Waals surface area contributed by atoms with E-state index in [1.165, 1.54) is 6.92 Å². The van der Waals surface area contributed by atoms with Crippen LogP contribution in [-0.4, -0.2) is 40.2 Å². The van der Waals surface area contributed by atoms with Crippen molar-refractivity contribution in [2.24, 2.45) is 0 Å². The third kappa shape index (κ3) is 12.7. The molecule has 0 saturated carbocycles. The second kappa shape index (κ2) is 17.1. The molecule has 0 aliphatic carbocycles. The Kier molecular flexibility index (Phi) is 16.3. The SMILES string of the molecule is CC(COc1ccc2ccccc2c1)OS(C)(=O)=O.CC([18F])COc1ccc2ccccc2c1.[18F-].[CH3-].[K+]. The van der Waals surface area contributed by atoms with Gasteiger partial charge >= 0.3 is 51.4 Å². The van der Waals surface area contributed by atoms with Crippen molar-refractivity contribution in [2.75, 3.05) is 19.5 Å². The molecule has 4 aromatic carbocycles. The smallest absolute Gasteiger partial charge is 1.00 e. The van der Waals surface area contributed by atoms with Gasteiger partial charge in [0.15, 0.2) is 0 Å². The predicted molar refractivity (Wildman–Crippen MR) is 141 cm³/mol. The number of halogens is 2. The first-order chi connectivity index (χ1) is 16.2. The Bertz CT molecular complexity index is 1330. The Hall–Kier alpha value is -1.59. The fourth-order valence-corrected chi connectivity index (χ4v) is 3.92. The van der Waals surface area contributed by atoms with E-state index in [0.29, 0.717) is 5.75 Å². The van der Waals surface area contributed by atoms with Crippen molar-refractivity contribution < 1.29 is 82.6 Å². The quantitative estimate of drug-likeness (QED) is 0.181. The van der Waals surface area contributed by atoms with Crippen molar-refractivity contribution >= 4 is 31.7 Å². The van der Waals surface area contributed by atoms with Crippen LogP contribution >= 0.6 is 0 Å². The second-order valence-corrected chi connectivity index (χ2v) is 9.63. The number of hydrogen-bond acceptors (Lipinski definition) is 5. The topological polar surface area (TPSA) is 61.8 Å². The molecule has 37 heavy (non-hydrogen) atoms. The van der Waals surface area contributed by atoms with Crippen LogP contribution < -0.4 is 65.6 Å². The number of benzene rings is 4. The Morgan fingerprint density at radius 2 is 1.14 bits per heavy atom. The molecule has 196 valence electrons. The zero-order chi connectivity index (χ0) is 24.6. The van der Waals surface area contributed by atoms with E-state index in [1.54, 1.807) is 6.92 Å². The summed E-state index contributed by atoms with van der Waals surface area (Å²) in [6, 6.07) is 27.5. The molecule has 0 saturated heterocycles. The zero-order valence-electron chi connectivity index (χ0n) is 21.9. The zero-order valence-corrected chi connectivity index (χ0v) is 25.8. The van der Waals surface area contributed by atoms with E-state index < -0.39 is 22.4 Å². The Morgan fingerprint density at radius 1 is 0.730 bits per heavy atom. The average Bonchev–Trinajstić information content (AvgIpc) is 2.80. The van der Waals surface area contributed by atoms with E-state index in [9.17, 15) is 12.8 Å². The molecule has 0 bridgehead atoms. The third-order valence-corrected chi connectivity index (χ3v) is 5.42. The molecule has 0 radical (unpaired) electrons. The van der Waals surface area contributed by atoms with Crippen molar-refractivity contribution in [1.29, 1.82) is 0 Å². The maximum atomic E-state index is 12.6. The van der Waals surface area contributed by atoms with E-state index in [2.05, 4.69) is 0 Å². The van der Waals surface area contributed by atoms with Gasteiger partial charge in [-0.2, -0.15) is 8.42 Å². The van der Waals surface area contributed by atoms with Crippen molar-refractivity contribution in [3.8, 4) is 11.5 Å². The van der Waals surface area contributed by atoms with Gasteiger partial charge in [0, 0.05) is 0 Å². The number of fused-ring (bicyclic) bond motifs is 2. The van der Waals surface area contributed by atoms with Gasteiger partial charge in [0.25, 0.3) is 10.1 Å². The molecular weight excluding hydrogens is 523 g/mol. The minimum atomic E-state index is -3.44. The van der Waals surface area contributed by atoms with E-state index in [0.717, 1.165) is 33.6 Å². The minimum Gasteiger partial charge on any atom is -1.00 e. The summed E-state index contributed by atoms with van der Waals surface area (Å²) in [4.78, 5) is 0. The Balaban J connectivity index is 0.000000662. The van der Waals surface area contributed by atoms with Crippen LogP contribution in [0.3, 0.4) is 0 Å². The Labute approximate surface area is 261 Å². The largest absolute Gasteiger partial charge is 1.00 e. The van der Waals surface area contributed by atoms with Gasteiger partial charge in [-0.3, -0.25) is 4.18 Å². The van der Waals surface area contributed by atoms with Crippen LogP contribution in [0, 0.1) is 7.43 Å². The number of rotatable bonds is 8. The Morgan fingerprint density at radius 3 is 1.54 bits per heavy atom. The molecule has 0 aromatic heterocycles. The van der Waals surface area contributed by atoms with Crippen molar-refractivity contribution in [3.05, 3.63) is 92.4 Å². The van der Waals surface area contributed by atoms with Crippen LogP contribution in [0.5, 0.6) is 11.5 Å². The van der Waals surface area contributed by atoms with E-state index in [1.807, 2.05) is 84.9 Å². The molecule has 4 aromatic rings. The predicted octanol–water partition coefficient (Wildman–Crippen LogP) is 0.618. The van der Waals surface area contributed by atoms with Crippen LogP contribution in [0.2, 0.25) is 0 Å². The van der Waals surface area contributed by atoms with Crippen molar-refractivity contribution in [3.63, 3.8) is 0 Å². The van der Waals surface area contributed by atoms with Gasteiger partial charge in [0.1, 0.15) is 37.0 Å². The van der Waals surface area contributed by atoms with E-state index in [4.69, 9.17) is 13.7 Å². The van der Waals surface area contributed by atoms with E-state index in [-0.39, 0.29) is 76.7 Å². The molecule has 5 nitrogen and oxygen atoms in total. The molecule has 2 atom stereocenters. The first kappa shape index (κ1) is 35.4. The molecule has 0 aliphatic rings. The van der Waals surface area contributed by atoms with Crippen LogP contribution in [0.4, 0.5) is 4.39 Å². The van der Waals surface area contributed by atoms with Gasteiger partial charge in [-0.05, 0) is 59.7 Å². The average molecular weight is 556 g/mol. The first-order valence-corrected chi connectivity index (χ1v) is 12.8. The number of hydrogen-bond donors (Lipinski definition) is 0. The van der Waals surface area contributed by atoms with Crippen LogP contribution in [-0.2, 0) is 14.3 Å². The third-order valence-electron chi connectivity index (χ3n) is 4.75. The fraction of sp³-hybridized carbons (Fsp3) is 0.250. The summed E-state index contributed by atoms with van der Waals surface area (Å²) >= 11 is 0. The summed E-state index contributed by atoms with van der Waals surface area (Å²) in [7, 11) is -3.44. The molecular formula is C28H32F2KO5S-. The molecule has 4 rings (SSSR count). The fourth-order valence-electron chi connectivity index (χ4n) is 3.27. The van der Waals surface area contributed by atoms with Crippen LogP contribution in [0.15, 0.2) is 84.9 Å². The summed E-state index contributed by atoms with van der Waals surface area (Å²) in [5, 5.41) is 4.49. The summed E-state index contributed by atoms with van der Waals surface area (Å²) in [6.07, 6.45) is -0.419. The molecule has 0 fully saturated rings. The van der Waals surface area contributed by atoms with Crippen LogP contribution in [0.25, 0.3) is 21.5 Å². The summed E-state index contributed by atoms with van der Waals surface area (Å²) < 4.78 is 50.1. The molecule has 0 amide bonds. The minimum absolute atomic E-state index is 0. The summed E-state index contributed by atoms with van der Waals surface area (Å²) in [5.41, 5.74) is 0. The number of ether oxygens (including phenoxy) is 2. The van der Waals surface area contributed by atoms with Gasteiger partial charge in [-0.1, -0.05) is 60.7 Å². The normalized spacial score (nSPS) is 12.0. The molecule has 9 heteroatoms. The monoisotopic (exact) mass is 555 g/mol. The van der Waals surface area contributed by atoms with Gasteiger partial charge in [0.05, 0.1) is 6.26 Å². The molecule has 0 N–H and O–H groups in total. The van der Waals surface area contributed by atoms with Gasteiger partial charge in [-0.15, -0.1) is 0 Å². The summed E-state index contributed by atoms with van der Waals surface area (Å²) in [6.45, 7) is 3.44. The summed E-state index contributed by atoms with van der Waals surface area (Å²) in [5.74, 6) is 1.42. The molecule has 0 aliphatic heterocycles. The van der Waals surface area contributed by atoms with E-state index >= 15 is 0 Å². The molecule has 2 unspecified atom stereocenters. The van der Waals surface area contributed by atoms with Crippen molar-refractivity contribution in [1.82, 2.24) is 0 Å². The van der Waals surface area contributed by atoms with Crippen LogP contribution in [0.1, 0.15) is 13.8 Å². The first-order valence-electron chi connectivity index (χ1n) is 10.9. The number of alkyl halides is 1. The second-order valence-electron chi connectivity index (χ2n) is 8.03. The van der Waals surface area contributed by atoms with Gasteiger partial charge in [0.2, 0.25) is 0 Å².